The third kappa shape index (κ3) is 3.61. The van der Waals surface area contributed by atoms with Crippen molar-refractivity contribution < 1.29 is 0 Å². The zero-order chi connectivity index (χ0) is 17.2. The second kappa shape index (κ2) is 7.00. The van der Waals surface area contributed by atoms with E-state index in [1.807, 2.05) is 48.5 Å². The van der Waals surface area contributed by atoms with Gasteiger partial charge in [0.1, 0.15) is 21.7 Å². The number of nitrogens with one attached hydrogen (secondary N) is 1. The number of halogens is 1. The summed E-state index contributed by atoms with van der Waals surface area (Å²) in [4.78, 5) is 15.2. The Bertz CT molecular complexity index is 1030. The van der Waals surface area contributed by atoms with Crippen molar-refractivity contribution in [3.63, 3.8) is 0 Å². The van der Waals surface area contributed by atoms with Crippen LogP contribution in [0.5, 0.6) is 0 Å². The predicted molar refractivity (Wildman–Crippen MR) is 106 cm³/mol. The summed E-state index contributed by atoms with van der Waals surface area (Å²) < 4.78 is 0. The van der Waals surface area contributed by atoms with E-state index < -0.39 is 0 Å². The minimum absolute atomic E-state index is 0.675. The van der Waals surface area contributed by atoms with Crippen LogP contribution in [0.2, 0.25) is 5.02 Å². The molecule has 0 aliphatic carbocycles. The molecular weight excluding hydrogens is 372 g/mol. The summed E-state index contributed by atoms with van der Waals surface area (Å²) in [6.45, 7) is 0. The van der Waals surface area contributed by atoms with Gasteiger partial charge in [-0.1, -0.05) is 41.1 Å². The average Bonchev–Trinajstić information content (AvgIpc) is 3.03. The minimum atomic E-state index is 0.675. The maximum Gasteiger partial charge on any atom is 0.161 e. The Morgan fingerprint density at radius 3 is 2.64 bits per heavy atom. The van der Waals surface area contributed by atoms with Crippen LogP contribution in [0.3, 0.4) is 0 Å². The van der Waals surface area contributed by atoms with Gasteiger partial charge in [0, 0.05) is 22.0 Å². The second-order valence-electron chi connectivity index (χ2n) is 5.42. The van der Waals surface area contributed by atoms with Crippen molar-refractivity contribution in [1.82, 2.24) is 15.0 Å². The zero-order valence-corrected chi connectivity index (χ0v) is 15.4. The lowest BCUT2D eigenvalue weighted by atomic mass is 10.2. The lowest BCUT2D eigenvalue weighted by Gasteiger charge is -2.05. The number of thiazole rings is 1. The fourth-order valence-electron chi connectivity index (χ4n) is 2.45. The number of aromatic nitrogens is 3. The highest BCUT2D eigenvalue weighted by Crippen LogP contribution is 2.29. The van der Waals surface area contributed by atoms with Crippen LogP contribution in [-0.4, -0.2) is 15.0 Å². The van der Waals surface area contributed by atoms with E-state index in [-0.39, 0.29) is 0 Å². The topological polar surface area (TPSA) is 50.7 Å². The maximum atomic E-state index is 6.25. The van der Waals surface area contributed by atoms with Gasteiger partial charge in [0.15, 0.2) is 5.82 Å². The van der Waals surface area contributed by atoms with Gasteiger partial charge in [-0.3, -0.25) is 0 Å². The largest absolute Gasteiger partial charge is 0.338 e. The van der Waals surface area contributed by atoms with E-state index >= 15 is 0 Å². The number of rotatable bonds is 4. The Morgan fingerprint density at radius 2 is 1.84 bits per heavy atom. The monoisotopic (exact) mass is 384 g/mol. The van der Waals surface area contributed by atoms with Crippen LogP contribution in [0, 0.1) is 0 Å². The molecule has 7 heteroatoms. The zero-order valence-electron chi connectivity index (χ0n) is 13.0. The Balaban J connectivity index is 1.66. The summed E-state index contributed by atoms with van der Waals surface area (Å²) in [5, 5.41) is 5.00. The first-order valence-corrected chi connectivity index (χ1v) is 9.23. The first-order chi connectivity index (χ1) is 12.2. The lowest BCUT2D eigenvalue weighted by Crippen LogP contribution is -1.95. The van der Waals surface area contributed by atoms with Crippen LogP contribution < -0.4 is 5.32 Å². The summed E-state index contributed by atoms with van der Waals surface area (Å²) in [6, 6.07) is 15.6. The molecule has 25 heavy (non-hydrogen) atoms. The van der Waals surface area contributed by atoms with Crippen molar-refractivity contribution in [3.05, 3.63) is 70.5 Å². The number of fused-ring (bicyclic) bond motifs is 1. The highest BCUT2D eigenvalue weighted by atomic mass is 35.5. The van der Waals surface area contributed by atoms with Gasteiger partial charge in [-0.15, -0.1) is 12.6 Å². The van der Waals surface area contributed by atoms with E-state index in [1.165, 1.54) is 0 Å². The van der Waals surface area contributed by atoms with Crippen molar-refractivity contribution in [2.75, 3.05) is 5.32 Å². The fraction of sp³-hybridized carbons (Fsp3) is 0.0556. The number of nitrogens with zero attached hydrogens (tertiary/aromatic N) is 3. The molecule has 2 aromatic heterocycles. The van der Waals surface area contributed by atoms with E-state index in [1.54, 1.807) is 17.7 Å². The van der Waals surface area contributed by atoms with Crippen molar-refractivity contribution in [2.45, 2.75) is 11.3 Å². The average molecular weight is 385 g/mol. The molecule has 0 fully saturated rings. The predicted octanol–water partition coefficient (Wildman–Crippen LogP) is 5.36. The Kier molecular flexibility index (Phi) is 4.57. The molecule has 0 amide bonds. The molecule has 2 aromatic carbocycles. The number of thiol groups is 1. The molecule has 4 aromatic rings. The van der Waals surface area contributed by atoms with E-state index in [0.29, 0.717) is 12.2 Å². The van der Waals surface area contributed by atoms with Crippen LogP contribution in [0.15, 0.2) is 59.8 Å². The van der Waals surface area contributed by atoms with E-state index in [9.17, 15) is 0 Å². The smallest absolute Gasteiger partial charge is 0.161 e. The number of hydrogen-bond acceptors (Lipinski definition) is 6. The molecule has 2 heterocycles. The van der Waals surface area contributed by atoms with E-state index in [2.05, 4.69) is 27.9 Å². The summed E-state index contributed by atoms with van der Waals surface area (Å²) >= 11 is 12.1. The van der Waals surface area contributed by atoms with Gasteiger partial charge in [-0.2, -0.15) is 0 Å². The number of benzene rings is 2. The van der Waals surface area contributed by atoms with Gasteiger partial charge in [-0.05, 0) is 35.9 Å². The quantitative estimate of drug-likeness (QED) is 0.465. The van der Waals surface area contributed by atoms with Gasteiger partial charge in [0.2, 0.25) is 0 Å². The summed E-state index contributed by atoms with van der Waals surface area (Å²) in [7, 11) is 0. The molecule has 0 bridgehead atoms. The Hall–Kier alpha value is -2.15. The molecule has 0 spiro atoms. The maximum absolute atomic E-state index is 6.25. The van der Waals surface area contributed by atoms with Crippen molar-refractivity contribution >= 4 is 57.4 Å². The van der Waals surface area contributed by atoms with Gasteiger partial charge in [0.25, 0.3) is 0 Å². The van der Waals surface area contributed by atoms with Gasteiger partial charge in [-0.25, -0.2) is 15.0 Å². The number of hydrogen-bond donors (Lipinski definition) is 2. The Morgan fingerprint density at radius 1 is 1.04 bits per heavy atom. The fourth-order valence-corrected chi connectivity index (χ4v) is 3.73. The summed E-state index contributed by atoms with van der Waals surface area (Å²) in [6.07, 6.45) is 2.23. The minimum Gasteiger partial charge on any atom is -0.338 e. The van der Waals surface area contributed by atoms with Crippen LogP contribution in [-0.2, 0) is 6.42 Å². The summed E-state index contributed by atoms with van der Waals surface area (Å²) in [5.74, 6) is 0.693. The van der Waals surface area contributed by atoms with Crippen molar-refractivity contribution in [3.8, 4) is 0 Å². The normalized spacial score (nSPS) is 11.0. The van der Waals surface area contributed by atoms with Gasteiger partial charge < -0.3 is 5.32 Å². The van der Waals surface area contributed by atoms with Crippen LogP contribution >= 0.6 is 35.6 Å². The molecule has 0 saturated carbocycles. The van der Waals surface area contributed by atoms with Crippen molar-refractivity contribution in [1.29, 1.82) is 0 Å². The molecule has 0 aliphatic heterocycles. The molecule has 1 N–H and O–H groups in total. The molecule has 0 radical (unpaired) electrons. The molecule has 0 atom stereocenters. The molecular formula is C18H13ClN4S2. The number of anilines is 2. The van der Waals surface area contributed by atoms with Gasteiger partial charge >= 0.3 is 0 Å². The van der Waals surface area contributed by atoms with E-state index in [0.717, 1.165) is 36.5 Å². The SMILES string of the molecule is Sc1ccc(Nc2ncnc3sc(Cc4ccccc4Cl)nc23)cc1. The standard InChI is InChI=1S/C18H13ClN4S2/c19-14-4-2-1-3-11(14)9-15-23-16-17(20-10-21-18(16)25-15)22-12-5-7-13(24)8-6-12/h1-8,10,24H,9H2,(H,20,21,22). The molecule has 0 aliphatic rings. The van der Waals surface area contributed by atoms with Crippen LogP contribution in [0.1, 0.15) is 10.6 Å². The first kappa shape index (κ1) is 16.3. The second-order valence-corrected chi connectivity index (χ2v) is 7.41. The highest BCUT2D eigenvalue weighted by Gasteiger charge is 2.12. The highest BCUT2D eigenvalue weighted by molar-refractivity contribution is 7.80. The molecule has 124 valence electrons. The first-order valence-electron chi connectivity index (χ1n) is 7.59. The van der Waals surface area contributed by atoms with Crippen LogP contribution in [0.4, 0.5) is 11.5 Å². The molecule has 4 nitrogen and oxygen atoms in total. The third-order valence-corrected chi connectivity index (χ3v) is 5.30. The van der Waals surface area contributed by atoms with Gasteiger partial charge in [0.05, 0.1) is 0 Å². The van der Waals surface area contributed by atoms with E-state index in [4.69, 9.17) is 16.6 Å². The lowest BCUT2D eigenvalue weighted by molar-refractivity contribution is 1.14. The third-order valence-electron chi connectivity index (χ3n) is 3.67. The van der Waals surface area contributed by atoms with Crippen LogP contribution in [0.25, 0.3) is 10.3 Å². The van der Waals surface area contributed by atoms with Crippen molar-refractivity contribution in [2.24, 2.45) is 0 Å². The molecule has 0 saturated heterocycles. The summed E-state index contributed by atoms with van der Waals surface area (Å²) in [5.41, 5.74) is 2.75. The molecule has 0 unspecified atom stereocenters. The molecule has 4 rings (SSSR count). The Labute approximate surface area is 159 Å².